The van der Waals surface area contributed by atoms with E-state index in [1.807, 2.05) is 4.90 Å². The molecule has 1 aliphatic rings. The van der Waals surface area contributed by atoms with E-state index in [2.05, 4.69) is 17.2 Å². The van der Waals surface area contributed by atoms with Gasteiger partial charge in [-0.1, -0.05) is 24.6 Å². The van der Waals surface area contributed by atoms with E-state index >= 15 is 0 Å². The Morgan fingerprint density at radius 1 is 1.28 bits per heavy atom. The summed E-state index contributed by atoms with van der Waals surface area (Å²) in [5.74, 6) is 0.0832. The quantitative estimate of drug-likeness (QED) is 0.907. The first-order valence-electron chi connectivity index (χ1n) is 8.35. The average Bonchev–Trinajstić information content (AvgIpc) is 2.61. The molecule has 25 heavy (non-hydrogen) atoms. The number of piperidine rings is 1. The Morgan fingerprint density at radius 3 is 2.88 bits per heavy atom. The van der Waals surface area contributed by atoms with E-state index in [0.717, 1.165) is 25.9 Å². The third-order valence-electron chi connectivity index (χ3n) is 4.27. The number of nitrogens with one attached hydrogen (secondary N) is 1. The third-order valence-corrected chi connectivity index (χ3v) is 4.50. The van der Waals surface area contributed by atoms with Gasteiger partial charge in [0.1, 0.15) is 5.69 Å². The molecule has 2 amide bonds. The molecule has 5 nitrogen and oxygen atoms in total. The lowest BCUT2D eigenvalue weighted by molar-refractivity contribution is 0.0683. The Bertz CT molecular complexity index is 794. The molecular formula is C19H20ClN3O2. The molecule has 1 unspecified atom stereocenters. The van der Waals surface area contributed by atoms with Crippen LogP contribution in [0.3, 0.4) is 0 Å². The highest BCUT2D eigenvalue weighted by Crippen LogP contribution is 2.19. The van der Waals surface area contributed by atoms with Crippen molar-refractivity contribution in [2.75, 3.05) is 18.4 Å². The lowest BCUT2D eigenvalue weighted by Crippen LogP contribution is -2.39. The van der Waals surface area contributed by atoms with Crippen molar-refractivity contribution in [1.29, 1.82) is 0 Å². The Morgan fingerprint density at radius 2 is 2.12 bits per heavy atom. The van der Waals surface area contributed by atoms with Crippen LogP contribution >= 0.6 is 11.6 Å². The van der Waals surface area contributed by atoms with Crippen molar-refractivity contribution in [2.45, 2.75) is 19.8 Å². The highest BCUT2D eigenvalue weighted by atomic mass is 35.5. The molecule has 1 fully saturated rings. The number of hydrogen-bond acceptors (Lipinski definition) is 3. The normalized spacial score (nSPS) is 17.2. The first-order chi connectivity index (χ1) is 12.0. The van der Waals surface area contributed by atoms with Gasteiger partial charge in [0.15, 0.2) is 0 Å². The van der Waals surface area contributed by atoms with Gasteiger partial charge in [-0.25, -0.2) is 0 Å². The standard InChI is InChI=1S/C19H20ClN3O2/c1-13-4-3-9-23(12-13)19(25)14-7-8-21-17(10-14)18(24)22-16-6-2-5-15(20)11-16/h2,5-8,10-11,13H,3-4,9,12H2,1H3,(H,22,24). The van der Waals surface area contributed by atoms with Crippen molar-refractivity contribution in [2.24, 2.45) is 5.92 Å². The Labute approximate surface area is 152 Å². The van der Waals surface area contributed by atoms with Crippen molar-refractivity contribution in [3.05, 3.63) is 58.9 Å². The van der Waals surface area contributed by atoms with E-state index in [-0.39, 0.29) is 17.5 Å². The fourth-order valence-corrected chi connectivity index (χ4v) is 3.20. The van der Waals surface area contributed by atoms with E-state index in [9.17, 15) is 9.59 Å². The van der Waals surface area contributed by atoms with Crippen LogP contribution in [0.1, 0.15) is 40.6 Å². The molecule has 6 heteroatoms. The fraction of sp³-hybridized carbons (Fsp3) is 0.316. The predicted molar refractivity (Wildman–Crippen MR) is 97.9 cm³/mol. The van der Waals surface area contributed by atoms with Crippen LogP contribution in [0.25, 0.3) is 0 Å². The summed E-state index contributed by atoms with van der Waals surface area (Å²) in [6.07, 6.45) is 3.65. The van der Waals surface area contributed by atoms with E-state index in [1.165, 1.54) is 6.20 Å². The lowest BCUT2D eigenvalue weighted by Gasteiger charge is -2.31. The maximum Gasteiger partial charge on any atom is 0.274 e. The van der Waals surface area contributed by atoms with Crippen molar-refractivity contribution < 1.29 is 9.59 Å². The minimum Gasteiger partial charge on any atom is -0.338 e. The van der Waals surface area contributed by atoms with Gasteiger partial charge in [-0.05, 0) is 49.1 Å². The van der Waals surface area contributed by atoms with E-state index < -0.39 is 0 Å². The summed E-state index contributed by atoms with van der Waals surface area (Å²) < 4.78 is 0. The average molecular weight is 358 g/mol. The van der Waals surface area contributed by atoms with Crippen LogP contribution in [0, 0.1) is 5.92 Å². The molecule has 0 bridgehead atoms. The molecule has 1 N–H and O–H groups in total. The molecule has 130 valence electrons. The van der Waals surface area contributed by atoms with Gasteiger partial charge in [-0.2, -0.15) is 0 Å². The monoisotopic (exact) mass is 357 g/mol. The summed E-state index contributed by atoms with van der Waals surface area (Å²) in [5.41, 5.74) is 1.28. The molecule has 2 heterocycles. The molecule has 1 saturated heterocycles. The molecule has 1 aromatic heterocycles. The van der Waals surface area contributed by atoms with Gasteiger partial charge in [0.2, 0.25) is 0 Å². The number of anilines is 1. The maximum atomic E-state index is 12.7. The first-order valence-corrected chi connectivity index (χ1v) is 8.73. The number of rotatable bonds is 3. The van der Waals surface area contributed by atoms with Crippen LogP contribution in [0.2, 0.25) is 5.02 Å². The number of halogens is 1. The zero-order valence-electron chi connectivity index (χ0n) is 14.0. The van der Waals surface area contributed by atoms with Crippen LogP contribution in [0.15, 0.2) is 42.6 Å². The number of carbonyl (C=O) groups is 2. The Balaban J connectivity index is 1.74. The summed E-state index contributed by atoms with van der Waals surface area (Å²) in [6.45, 7) is 3.66. The van der Waals surface area contributed by atoms with Crippen LogP contribution in [-0.4, -0.2) is 34.8 Å². The Kier molecular flexibility index (Phi) is 5.34. The van der Waals surface area contributed by atoms with Gasteiger partial charge in [0.05, 0.1) is 0 Å². The number of nitrogens with zero attached hydrogens (tertiary/aromatic N) is 2. The molecular weight excluding hydrogens is 338 g/mol. The maximum absolute atomic E-state index is 12.7. The third kappa shape index (κ3) is 4.37. The summed E-state index contributed by atoms with van der Waals surface area (Å²) >= 11 is 5.92. The summed E-state index contributed by atoms with van der Waals surface area (Å²) in [6, 6.07) is 10.1. The van der Waals surface area contributed by atoms with Crippen LogP contribution < -0.4 is 5.32 Å². The number of aromatic nitrogens is 1. The zero-order chi connectivity index (χ0) is 17.8. The fourth-order valence-electron chi connectivity index (χ4n) is 3.01. The largest absolute Gasteiger partial charge is 0.338 e. The highest BCUT2D eigenvalue weighted by molar-refractivity contribution is 6.30. The van der Waals surface area contributed by atoms with Gasteiger partial charge in [0.25, 0.3) is 11.8 Å². The summed E-state index contributed by atoms with van der Waals surface area (Å²) in [5, 5.41) is 3.28. The molecule has 0 radical (unpaired) electrons. The minimum atomic E-state index is -0.371. The minimum absolute atomic E-state index is 0.0502. The topological polar surface area (TPSA) is 62.3 Å². The molecule has 1 aromatic carbocycles. The number of amides is 2. The van der Waals surface area contributed by atoms with Crippen molar-refractivity contribution >= 4 is 29.1 Å². The van der Waals surface area contributed by atoms with Gasteiger partial charge in [-0.15, -0.1) is 0 Å². The molecule has 1 aliphatic heterocycles. The second-order valence-electron chi connectivity index (χ2n) is 6.39. The zero-order valence-corrected chi connectivity index (χ0v) is 14.8. The number of carbonyl (C=O) groups excluding carboxylic acids is 2. The number of pyridine rings is 1. The van der Waals surface area contributed by atoms with Gasteiger partial charge in [-0.3, -0.25) is 14.6 Å². The van der Waals surface area contributed by atoms with Crippen molar-refractivity contribution in [1.82, 2.24) is 9.88 Å². The summed E-state index contributed by atoms with van der Waals surface area (Å²) in [7, 11) is 0. The van der Waals surface area contributed by atoms with E-state index in [1.54, 1.807) is 36.4 Å². The molecule has 0 aliphatic carbocycles. The smallest absolute Gasteiger partial charge is 0.274 e. The second-order valence-corrected chi connectivity index (χ2v) is 6.83. The second kappa shape index (κ2) is 7.66. The molecule has 1 atom stereocenters. The highest BCUT2D eigenvalue weighted by Gasteiger charge is 2.22. The number of hydrogen-bond donors (Lipinski definition) is 1. The summed E-state index contributed by atoms with van der Waals surface area (Å²) in [4.78, 5) is 31.0. The number of benzene rings is 1. The predicted octanol–water partition coefficient (Wildman–Crippen LogP) is 3.86. The van der Waals surface area contributed by atoms with E-state index in [4.69, 9.17) is 11.6 Å². The lowest BCUT2D eigenvalue weighted by atomic mass is 9.99. The van der Waals surface area contributed by atoms with Crippen molar-refractivity contribution in [3.8, 4) is 0 Å². The van der Waals surface area contributed by atoms with E-state index in [0.29, 0.717) is 22.2 Å². The van der Waals surface area contributed by atoms with Crippen LogP contribution in [0.5, 0.6) is 0 Å². The molecule has 0 spiro atoms. The number of likely N-dealkylation sites (tertiary alicyclic amines) is 1. The van der Waals surface area contributed by atoms with Gasteiger partial charge >= 0.3 is 0 Å². The van der Waals surface area contributed by atoms with Crippen LogP contribution in [-0.2, 0) is 0 Å². The van der Waals surface area contributed by atoms with Crippen LogP contribution in [0.4, 0.5) is 5.69 Å². The first kappa shape index (κ1) is 17.4. The molecule has 3 rings (SSSR count). The SMILES string of the molecule is CC1CCCN(C(=O)c2ccnc(C(=O)Nc3cccc(Cl)c3)c2)C1. The molecule has 0 saturated carbocycles. The van der Waals surface area contributed by atoms with Gasteiger partial charge < -0.3 is 10.2 Å². The van der Waals surface area contributed by atoms with Crippen molar-refractivity contribution in [3.63, 3.8) is 0 Å². The van der Waals surface area contributed by atoms with Gasteiger partial charge in [0, 0.05) is 35.6 Å². The molecule has 2 aromatic rings. The Hall–Kier alpha value is -2.40.